The van der Waals surface area contributed by atoms with Gasteiger partial charge in [0.1, 0.15) is 0 Å². The lowest BCUT2D eigenvalue weighted by atomic mass is 10.4. The van der Waals surface area contributed by atoms with Crippen molar-refractivity contribution in [3.05, 3.63) is 43.2 Å². The van der Waals surface area contributed by atoms with Gasteiger partial charge in [-0.25, -0.2) is 4.98 Å². The van der Waals surface area contributed by atoms with Gasteiger partial charge in [0, 0.05) is 51.0 Å². The summed E-state index contributed by atoms with van der Waals surface area (Å²) in [5.74, 6) is 0. The Morgan fingerprint density at radius 1 is 0.750 bits per heavy atom. The Bertz CT molecular complexity index is 214. The molecular formula is C11H19N5. The third-order valence-electron chi connectivity index (χ3n) is 1.86. The van der Waals surface area contributed by atoms with Gasteiger partial charge in [-0.2, -0.15) is 0 Å². The van der Waals surface area contributed by atoms with Crippen LogP contribution in [-0.4, -0.2) is 41.1 Å². The standard InChI is InChI=1S/C4H10N2.C4H5N.C3H4N2/c1-2-6-4-3-5-1;1-2-4-5-3-1;1-2-5-3-4-1/h5-6H,1-4H2;1-5H;1-3H,(H,4,5). The molecule has 88 valence electrons. The lowest BCUT2D eigenvalue weighted by molar-refractivity contribution is 0.534. The van der Waals surface area contributed by atoms with Crippen LogP contribution in [0.5, 0.6) is 0 Å². The average Bonchev–Trinajstić information content (AvgIpc) is 3.10. The molecular weight excluding hydrogens is 202 g/mol. The molecule has 1 aliphatic heterocycles. The van der Waals surface area contributed by atoms with Gasteiger partial charge in [-0.05, 0) is 12.1 Å². The molecule has 1 aliphatic rings. The number of nitrogens with zero attached hydrogens (tertiary/aromatic N) is 1. The van der Waals surface area contributed by atoms with Gasteiger partial charge in [-0.3, -0.25) is 0 Å². The van der Waals surface area contributed by atoms with Crippen LogP contribution in [0.2, 0.25) is 0 Å². The Morgan fingerprint density at radius 2 is 1.38 bits per heavy atom. The van der Waals surface area contributed by atoms with Crippen LogP contribution in [0.25, 0.3) is 0 Å². The number of piperazine rings is 1. The van der Waals surface area contributed by atoms with E-state index in [0.717, 1.165) is 26.2 Å². The quantitative estimate of drug-likeness (QED) is 0.527. The molecule has 0 atom stereocenters. The summed E-state index contributed by atoms with van der Waals surface area (Å²) in [7, 11) is 0. The number of imidazole rings is 1. The maximum atomic E-state index is 3.67. The fourth-order valence-electron chi connectivity index (χ4n) is 1.10. The fraction of sp³-hybridized carbons (Fsp3) is 0.364. The second kappa shape index (κ2) is 9.95. The lowest BCUT2D eigenvalue weighted by Gasteiger charge is -2.11. The molecule has 0 spiro atoms. The smallest absolute Gasteiger partial charge is 0.0919 e. The largest absolute Gasteiger partial charge is 0.368 e. The van der Waals surface area contributed by atoms with Crippen molar-refractivity contribution in [1.29, 1.82) is 0 Å². The molecule has 5 heteroatoms. The van der Waals surface area contributed by atoms with Crippen molar-refractivity contribution < 1.29 is 0 Å². The Morgan fingerprint density at radius 3 is 1.56 bits per heavy atom. The van der Waals surface area contributed by atoms with Gasteiger partial charge in [-0.1, -0.05) is 0 Å². The second-order valence-electron chi connectivity index (χ2n) is 3.15. The van der Waals surface area contributed by atoms with Crippen molar-refractivity contribution in [3.63, 3.8) is 0 Å². The molecule has 5 nitrogen and oxygen atoms in total. The number of H-pyrrole nitrogens is 2. The monoisotopic (exact) mass is 221 g/mol. The van der Waals surface area contributed by atoms with Gasteiger partial charge < -0.3 is 20.6 Å². The number of aromatic nitrogens is 3. The van der Waals surface area contributed by atoms with Crippen LogP contribution in [-0.2, 0) is 0 Å². The highest BCUT2D eigenvalue weighted by Crippen LogP contribution is 1.72. The van der Waals surface area contributed by atoms with Crippen LogP contribution in [0.4, 0.5) is 0 Å². The van der Waals surface area contributed by atoms with Crippen molar-refractivity contribution in [2.75, 3.05) is 26.2 Å². The Hall–Kier alpha value is -1.59. The highest BCUT2D eigenvalue weighted by atomic mass is 15.0. The van der Waals surface area contributed by atoms with E-state index in [1.807, 2.05) is 24.5 Å². The van der Waals surface area contributed by atoms with E-state index in [-0.39, 0.29) is 0 Å². The van der Waals surface area contributed by atoms with E-state index in [4.69, 9.17) is 0 Å². The molecule has 1 fully saturated rings. The molecule has 0 aromatic carbocycles. The molecule has 16 heavy (non-hydrogen) atoms. The van der Waals surface area contributed by atoms with Crippen molar-refractivity contribution >= 4 is 0 Å². The molecule has 0 bridgehead atoms. The highest BCUT2D eigenvalue weighted by molar-refractivity contribution is 4.84. The minimum Gasteiger partial charge on any atom is -0.368 e. The SMILES string of the molecule is C1CNCCN1.c1c[nH]cn1.c1cc[nH]c1. The molecule has 0 radical (unpaired) electrons. The van der Waals surface area contributed by atoms with Gasteiger partial charge in [-0.15, -0.1) is 0 Å². The minimum atomic E-state index is 1.14. The molecule has 0 aliphatic carbocycles. The summed E-state index contributed by atoms with van der Waals surface area (Å²) < 4.78 is 0. The van der Waals surface area contributed by atoms with E-state index in [9.17, 15) is 0 Å². The molecule has 4 N–H and O–H groups in total. The van der Waals surface area contributed by atoms with Gasteiger partial charge in [0.15, 0.2) is 0 Å². The summed E-state index contributed by atoms with van der Waals surface area (Å²) in [6, 6.07) is 3.89. The van der Waals surface area contributed by atoms with E-state index in [0.29, 0.717) is 0 Å². The molecule has 2 aromatic heterocycles. The minimum absolute atomic E-state index is 1.14. The molecule has 0 amide bonds. The number of nitrogens with one attached hydrogen (secondary N) is 4. The van der Waals surface area contributed by atoms with Crippen LogP contribution in [0, 0.1) is 0 Å². The molecule has 1 saturated heterocycles. The highest BCUT2D eigenvalue weighted by Gasteiger charge is 1.91. The molecule has 0 unspecified atom stereocenters. The number of hydrogen-bond donors (Lipinski definition) is 4. The summed E-state index contributed by atoms with van der Waals surface area (Å²) in [5.41, 5.74) is 0. The zero-order valence-electron chi connectivity index (χ0n) is 9.32. The summed E-state index contributed by atoms with van der Waals surface area (Å²) in [6.07, 6.45) is 8.83. The average molecular weight is 221 g/mol. The topological polar surface area (TPSA) is 68.5 Å². The Labute approximate surface area is 95.7 Å². The van der Waals surface area contributed by atoms with Gasteiger partial charge >= 0.3 is 0 Å². The van der Waals surface area contributed by atoms with Crippen LogP contribution in [0.3, 0.4) is 0 Å². The normalized spacial score (nSPS) is 14.0. The maximum Gasteiger partial charge on any atom is 0.0919 e. The zero-order valence-corrected chi connectivity index (χ0v) is 9.32. The lowest BCUT2D eigenvalue weighted by Crippen LogP contribution is -2.39. The van der Waals surface area contributed by atoms with Crippen LogP contribution in [0.15, 0.2) is 43.2 Å². The summed E-state index contributed by atoms with van der Waals surface area (Å²) in [6.45, 7) is 4.56. The van der Waals surface area contributed by atoms with Crippen molar-refractivity contribution in [1.82, 2.24) is 25.6 Å². The van der Waals surface area contributed by atoms with Crippen LogP contribution in [0.1, 0.15) is 0 Å². The second-order valence-corrected chi connectivity index (χ2v) is 3.15. The maximum absolute atomic E-state index is 3.67. The first-order valence-corrected chi connectivity index (χ1v) is 5.42. The summed E-state index contributed by atoms with van der Waals surface area (Å²) in [5, 5.41) is 6.44. The predicted octanol–water partition coefficient (Wildman–Crippen LogP) is 0.604. The summed E-state index contributed by atoms with van der Waals surface area (Å²) >= 11 is 0. The van der Waals surface area contributed by atoms with E-state index in [1.54, 1.807) is 18.7 Å². The van der Waals surface area contributed by atoms with Crippen molar-refractivity contribution in [2.24, 2.45) is 0 Å². The summed E-state index contributed by atoms with van der Waals surface area (Å²) in [4.78, 5) is 9.28. The van der Waals surface area contributed by atoms with Gasteiger partial charge in [0.05, 0.1) is 6.33 Å². The third-order valence-corrected chi connectivity index (χ3v) is 1.86. The first-order chi connectivity index (χ1) is 8.00. The van der Waals surface area contributed by atoms with Gasteiger partial charge in [0.2, 0.25) is 0 Å². The first kappa shape index (κ1) is 12.5. The van der Waals surface area contributed by atoms with E-state index < -0.39 is 0 Å². The van der Waals surface area contributed by atoms with Crippen LogP contribution < -0.4 is 10.6 Å². The van der Waals surface area contributed by atoms with E-state index in [2.05, 4.69) is 25.6 Å². The van der Waals surface area contributed by atoms with Gasteiger partial charge in [0.25, 0.3) is 0 Å². The number of aromatic amines is 2. The predicted molar refractivity (Wildman–Crippen MR) is 65.1 cm³/mol. The fourth-order valence-corrected chi connectivity index (χ4v) is 1.10. The first-order valence-electron chi connectivity index (χ1n) is 5.42. The number of rotatable bonds is 0. The molecule has 3 rings (SSSR count). The Balaban J connectivity index is 0.000000121. The van der Waals surface area contributed by atoms with Crippen molar-refractivity contribution in [2.45, 2.75) is 0 Å². The van der Waals surface area contributed by atoms with E-state index >= 15 is 0 Å². The third kappa shape index (κ3) is 7.78. The molecule has 0 saturated carbocycles. The zero-order chi connectivity index (χ0) is 11.3. The number of hydrogen-bond acceptors (Lipinski definition) is 3. The Kier molecular flexibility index (Phi) is 7.76. The van der Waals surface area contributed by atoms with Crippen molar-refractivity contribution in [3.8, 4) is 0 Å². The molecule has 2 aromatic rings. The van der Waals surface area contributed by atoms with Crippen LogP contribution >= 0.6 is 0 Å². The van der Waals surface area contributed by atoms with E-state index in [1.165, 1.54) is 0 Å². The molecule has 3 heterocycles.